The molecule has 1 aromatic heterocycles. The van der Waals surface area contributed by atoms with Gasteiger partial charge in [-0.05, 0) is 41.1 Å². The number of aryl methyl sites for hydroxylation is 1. The highest BCUT2D eigenvalue weighted by atomic mass is 79.9. The lowest BCUT2D eigenvalue weighted by Gasteiger charge is -2.05. The summed E-state index contributed by atoms with van der Waals surface area (Å²) in [5, 5.41) is 5.45. The zero-order valence-corrected chi connectivity index (χ0v) is 11.9. The normalized spacial score (nSPS) is 10.4. The second-order valence-electron chi connectivity index (χ2n) is 3.69. The summed E-state index contributed by atoms with van der Waals surface area (Å²) in [5.41, 5.74) is 1.21. The number of hydrogen-bond acceptors (Lipinski definition) is 3. The van der Waals surface area contributed by atoms with Gasteiger partial charge in [0.15, 0.2) is 0 Å². The van der Waals surface area contributed by atoms with Crippen molar-refractivity contribution in [3.8, 4) is 0 Å². The number of carbonyl (C=O) groups is 1. The number of rotatable bonds is 3. The van der Waals surface area contributed by atoms with Crippen molar-refractivity contribution in [2.75, 3.05) is 0 Å². The van der Waals surface area contributed by atoms with E-state index in [4.69, 9.17) is 0 Å². The maximum Gasteiger partial charge on any atom is 0.252 e. The molecule has 0 saturated carbocycles. The van der Waals surface area contributed by atoms with Crippen LogP contribution in [0.15, 0.2) is 28.1 Å². The van der Waals surface area contributed by atoms with Crippen LogP contribution in [-0.2, 0) is 6.54 Å². The van der Waals surface area contributed by atoms with Crippen molar-refractivity contribution in [1.82, 2.24) is 10.3 Å². The van der Waals surface area contributed by atoms with E-state index in [0.29, 0.717) is 11.0 Å². The highest BCUT2D eigenvalue weighted by molar-refractivity contribution is 9.10. The highest BCUT2D eigenvalue weighted by Gasteiger charge is 2.11. The molecular weight excluding hydrogens is 319 g/mol. The highest BCUT2D eigenvalue weighted by Crippen LogP contribution is 2.18. The Hall–Kier alpha value is -1.27. The summed E-state index contributed by atoms with van der Waals surface area (Å²) in [6.07, 6.45) is 0. The first-order valence-electron chi connectivity index (χ1n) is 5.20. The lowest BCUT2D eigenvalue weighted by atomic mass is 10.2. The van der Waals surface area contributed by atoms with Crippen LogP contribution in [0.2, 0.25) is 0 Å². The van der Waals surface area contributed by atoms with Crippen LogP contribution in [0.25, 0.3) is 0 Å². The smallest absolute Gasteiger partial charge is 0.252 e. The molecule has 18 heavy (non-hydrogen) atoms. The van der Waals surface area contributed by atoms with E-state index in [1.54, 1.807) is 0 Å². The molecule has 2 rings (SSSR count). The summed E-state index contributed by atoms with van der Waals surface area (Å²) in [6, 6.07) is 4.01. The quantitative estimate of drug-likeness (QED) is 0.939. The molecule has 6 heteroatoms. The Morgan fingerprint density at radius 1 is 1.56 bits per heavy atom. The molecule has 0 bridgehead atoms. The molecule has 0 atom stereocenters. The Balaban J connectivity index is 2.05. The summed E-state index contributed by atoms with van der Waals surface area (Å²) < 4.78 is 13.6. The van der Waals surface area contributed by atoms with Gasteiger partial charge in [0, 0.05) is 15.5 Å². The molecule has 1 N–H and O–H groups in total. The summed E-state index contributed by atoms with van der Waals surface area (Å²) in [7, 11) is 0. The number of halogens is 2. The van der Waals surface area contributed by atoms with Crippen molar-refractivity contribution in [2.45, 2.75) is 13.5 Å². The lowest BCUT2D eigenvalue weighted by Crippen LogP contribution is -2.23. The predicted molar refractivity (Wildman–Crippen MR) is 72.1 cm³/mol. The summed E-state index contributed by atoms with van der Waals surface area (Å²) >= 11 is 4.70. The third-order valence-corrected chi connectivity index (χ3v) is 3.90. The molecule has 3 nitrogen and oxygen atoms in total. The Labute approximate surface area is 116 Å². The maximum absolute atomic E-state index is 13.1. The van der Waals surface area contributed by atoms with Crippen LogP contribution >= 0.6 is 27.3 Å². The largest absolute Gasteiger partial charge is 0.345 e. The van der Waals surface area contributed by atoms with E-state index in [2.05, 4.69) is 26.2 Å². The number of amides is 1. The number of nitrogens with one attached hydrogen (secondary N) is 1. The molecule has 0 fully saturated rings. The van der Waals surface area contributed by atoms with E-state index >= 15 is 0 Å². The molecule has 94 valence electrons. The Morgan fingerprint density at radius 2 is 2.33 bits per heavy atom. The first kappa shape index (κ1) is 13.2. The van der Waals surface area contributed by atoms with Crippen molar-refractivity contribution >= 4 is 33.2 Å². The van der Waals surface area contributed by atoms with Crippen molar-refractivity contribution in [3.05, 3.63) is 50.1 Å². The average molecular weight is 329 g/mol. The van der Waals surface area contributed by atoms with Crippen LogP contribution < -0.4 is 5.32 Å². The van der Waals surface area contributed by atoms with Crippen LogP contribution in [0.5, 0.6) is 0 Å². The number of benzene rings is 1. The molecular formula is C12H10BrFN2OS. The summed E-state index contributed by atoms with van der Waals surface area (Å²) in [4.78, 5) is 16.1. The minimum atomic E-state index is -0.437. The third-order valence-electron chi connectivity index (χ3n) is 2.24. The molecule has 0 aliphatic carbocycles. The second-order valence-corrected chi connectivity index (χ2v) is 5.49. The van der Waals surface area contributed by atoms with Gasteiger partial charge in [0.2, 0.25) is 0 Å². The zero-order chi connectivity index (χ0) is 13.1. The lowest BCUT2D eigenvalue weighted by molar-refractivity contribution is 0.0949. The van der Waals surface area contributed by atoms with Gasteiger partial charge in [0.05, 0.1) is 12.1 Å². The van der Waals surface area contributed by atoms with Gasteiger partial charge in [-0.3, -0.25) is 4.79 Å². The molecule has 1 heterocycles. The van der Waals surface area contributed by atoms with Gasteiger partial charge < -0.3 is 5.32 Å². The van der Waals surface area contributed by atoms with E-state index in [1.807, 2.05) is 12.3 Å². The molecule has 1 amide bonds. The van der Waals surface area contributed by atoms with Gasteiger partial charge in [-0.25, -0.2) is 9.37 Å². The average Bonchev–Trinajstić information content (AvgIpc) is 2.75. The van der Waals surface area contributed by atoms with E-state index in [-0.39, 0.29) is 11.5 Å². The molecule has 1 aromatic carbocycles. The molecule has 0 saturated heterocycles. The second kappa shape index (κ2) is 5.58. The number of thiazole rings is 1. The van der Waals surface area contributed by atoms with Crippen molar-refractivity contribution in [3.63, 3.8) is 0 Å². The van der Waals surface area contributed by atoms with E-state index < -0.39 is 5.82 Å². The van der Waals surface area contributed by atoms with E-state index in [1.165, 1.54) is 29.5 Å². The first-order chi connectivity index (χ1) is 8.56. The van der Waals surface area contributed by atoms with Gasteiger partial charge in [0.1, 0.15) is 10.8 Å². The molecule has 2 aromatic rings. The topological polar surface area (TPSA) is 42.0 Å². The fraction of sp³-hybridized carbons (Fsp3) is 0.167. The minimum Gasteiger partial charge on any atom is -0.345 e. The van der Waals surface area contributed by atoms with Crippen LogP contribution in [0.1, 0.15) is 21.1 Å². The Bertz CT molecular complexity index is 585. The minimum absolute atomic E-state index is 0.281. The van der Waals surface area contributed by atoms with Crippen LogP contribution in [-0.4, -0.2) is 10.9 Å². The van der Waals surface area contributed by atoms with Gasteiger partial charge >= 0.3 is 0 Å². The van der Waals surface area contributed by atoms with E-state index in [0.717, 1.165) is 10.7 Å². The fourth-order valence-corrected chi connectivity index (χ4v) is 2.54. The number of nitrogens with zero attached hydrogens (tertiary/aromatic N) is 1. The monoisotopic (exact) mass is 328 g/mol. The van der Waals surface area contributed by atoms with Crippen molar-refractivity contribution in [2.24, 2.45) is 0 Å². The van der Waals surface area contributed by atoms with Gasteiger partial charge in [-0.15, -0.1) is 11.3 Å². The standard InChI is InChI=1S/C12H10BrFN2OS/c1-7-6-18-11(16-7)5-15-12(17)9-4-8(14)2-3-10(9)13/h2-4,6H,5H2,1H3,(H,15,17). The van der Waals surface area contributed by atoms with Gasteiger partial charge in [-0.1, -0.05) is 0 Å². The Morgan fingerprint density at radius 3 is 3.00 bits per heavy atom. The van der Waals surface area contributed by atoms with Gasteiger partial charge in [-0.2, -0.15) is 0 Å². The predicted octanol–water partition coefficient (Wildman–Crippen LogP) is 3.28. The molecule has 0 aliphatic heterocycles. The third kappa shape index (κ3) is 3.14. The number of hydrogen-bond donors (Lipinski definition) is 1. The Kier molecular flexibility index (Phi) is 4.08. The SMILES string of the molecule is Cc1csc(CNC(=O)c2cc(F)ccc2Br)n1. The molecule has 0 spiro atoms. The fourth-order valence-electron chi connectivity index (χ4n) is 1.41. The van der Waals surface area contributed by atoms with Crippen LogP contribution in [0.4, 0.5) is 4.39 Å². The molecule has 0 aliphatic rings. The van der Waals surface area contributed by atoms with E-state index in [9.17, 15) is 9.18 Å². The number of carbonyl (C=O) groups excluding carboxylic acids is 1. The first-order valence-corrected chi connectivity index (χ1v) is 6.88. The zero-order valence-electron chi connectivity index (χ0n) is 9.54. The van der Waals surface area contributed by atoms with Gasteiger partial charge in [0.25, 0.3) is 5.91 Å². The molecule has 0 radical (unpaired) electrons. The number of aromatic nitrogens is 1. The summed E-state index contributed by atoms with van der Waals surface area (Å²) in [6.45, 7) is 2.24. The maximum atomic E-state index is 13.1. The van der Waals surface area contributed by atoms with Crippen molar-refractivity contribution < 1.29 is 9.18 Å². The van der Waals surface area contributed by atoms with Crippen LogP contribution in [0.3, 0.4) is 0 Å². The van der Waals surface area contributed by atoms with Crippen molar-refractivity contribution in [1.29, 1.82) is 0 Å². The van der Waals surface area contributed by atoms with Crippen LogP contribution in [0, 0.1) is 12.7 Å². The molecule has 0 unspecified atom stereocenters. The summed E-state index contributed by atoms with van der Waals surface area (Å²) in [5.74, 6) is -0.761.